The minimum absolute atomic E-state index is 0.0898. The van der Waals surface area contributed by atoms with Gasteiger partial charge in [-0.2, -0.15) is 0 Å². The zero-order valence-electron chi connectivity index (χ0n) is 9.97. The van der Waals surface area contributed by atoms with Crippen molar-refractivity contribution < 1.29 is 14.6 Å². The quantitative estimate of drug-likeness (QED) is 0.434. The van der Waals surface area contributed by atoms with Crippen molar-refractivity contribution in [1.82, 2.24) is 5.32 Å². The van der Waals surface area contributed by atoms with E-state index in [0.29, 0.717) is 0 Å². The highest BCUT2D eigenvalue weighted by atomic mass is 16.6. The normalized spacial score (nSPS) is 14.6. The van der Waals surface area contributed by atoms with Gasteiger partial charge in [0.2, 0.25) is 0 Å². The Morgan fingerprint density at radius 2 is 2.19 bits per heavy atom. The number of hydrogen-bond acceptors (Lipinski definition) is 4. The molecule has 0 saturated heterocycles. The van der Waals surface area contributed by atoms with Gasteiger partial charge in [0.25, 0.3) is 0 Å². The lowest BCUT2D eigenvalue weighted by atomic mass is 10.2. The summed E-state index contributed by atoms with van der Waals surface area (Å²) in [4.78, 5) is 13.8. The van der Waals surface area contributed by atoms with Crippen molar-refractivity contribution in [2.75, 3.05) is 6.54 Å². The molecule has 0 saturated carbocycles. The number of hydrogen-bond donors (Lipinski definition) is 2. The number of carbonyl (C=O) groups excluding carboxylic acids is 1. The number of aliphatic hydroxyl groups is 1. The number of carbonyl (C=O) groups is 1. The van der Waals surface area contributed by atoms with E-state index in [1.54, 1.807) is 27.7 Å². The minimum atomic E-state index is -0.927. The molecule has 0 aromatic carbocycles. The van der Waals surface area contributed by atoms with E-state index in [4.69, 9.17) is 10.3 Å². The van der Waals surface area contributed by atoms with Crippen molar-refractivity contribution in [3.8, 4) is 0 Å². The smallest absolute Gasteiger partial charge is 0.407 e. The van der Waals surface area contributed by atoms with Gasteiger partial charge in [-0.25, -0.2) is 4.79 Å². The molecule has 0 radical (unpaired) electrons. The largest absolute Gasteiger partial charge is 0.444 e. The van der Waals surface area contributed by atoms with Crippen molar-refractivity contribution in [3.63, 3.8) is 0 Å². The predicted molar refractivity (Wildman–Crippen MR) is 58.9 cm³/mol. The molecule has 0 aromatic heterocycles. The SMILES string of the molecule is C[C@@H](NC(=O)OC(C)(C)C)[C@@H](O)CN=[N+]=[N-]. The molecule has 2 N–H and O–H groups in total. The molecule has 0 rings (SSSR count). The van der Waals surface area contributed by atoms with Crippen molar-refractivity contribution in [3.05, 3.63) is 10.4 Å². The zero-order valence-corrected chi connectivity index (χ0v) is 9.97. The highest BCUT2D eigenvalue weighted by Crippen LogP contribution is 2.07. The number of aliphatic hydroxyl groups excluding tert-OH is 1. The fourth-order valence-corrected chi connectivity index (χ4v) is 0.868. The molecule has 0 fully saturated rings. The summed E-state index contributed by atoms with van der Waals surface area (Å²) in [5, 5.41) is 15.1. The fourth-order valence-electron chi connectivity index (χ4n) is 0.868. The topological polar surface area (TPSA) is 107 Å². The summed E-state index contributed by atoms with van der Waals surface area (Å²) in [5.41, 5.74) is 7.48. The Kier molecular flexibility index (Phi) is 5.63. The van der Waals surface area contributed by atoms with E-state index in [2.05, 4.69) is 15.3 Å². The van der Waals surface area contributed by atoms with Crippen LogP contribution >= 0.6 is 0 Å². The van der Waals surface area contributed by atoms with Crippen molar-refractivity contribution >= 4 is 6.09 Å². The lowest BCUT2D eigenvalue weighted by Crippen LogP contribution is -2.44. The van der Waals surface area contributed by atoms with Crippen LogP contribution in [0.3, 0.4) is 0 Å². The lowest BCUT2D eigenvalue weighted by molar-refractivity contribution is 0.0443. The minimum Gasteiger partial charge on any atom is -0.444 e. The van der Waals surface area contributed by atoms with Crippen LogP contribution in [0, 0.1) is 0 Å². The Hall–Kier alpha value is -1.46. The Labute approximate surface area is 94.4 Å². The van der Waals surface area contributed by atoms with Crippen LogP contribution in [0.5, 0.6) is 0 Å². The van der Waals surface area contributed by atoms with Gasteiger partial charge in [0, 0.05) is 4.91 Å². The second kappa shape index (κ2) is 6.19. The van der Waals surface area contributed by atoms with E-state index >= 15 is 0 Å². The van der Waals surface area contributed by atoms with E-state index < -0.39 is 23.8 Å². The molecule has 7 nitrogen and oxygen atoms in total. The second-order valence-corrected chi connectivity index (χ2v) is 4.42. The highest BCUT2D eigenvalue weighted by Gasteiger charge is 2.20. The van der Waals surface area contributed by atoms with E-state index in [1.807, 2.05) is 0 Å². The molecule has 0 aliphatic carbocycles. The molecule has 2 atom stereocenters. The van der Waals surface area contributed by atoms with Crippen LogP contribution in [0.15, 0.2) is 5.11 Å². The number of nitrogens with zero attached hydrogens (tertiary/aromatic N) is 3. The third-order valence-electron chi connectivity index (χ3n) is 1.65. The first-order valence-corrected chi connectivity index (χ1v) is 4.94. The van der Waals surface area contributed by atoms with Gasteiger partial charge >= 0.3 is 6.09 Å². The predicted octanol–water partition coefficient (Wildman–Crippen LogP) is 1.57. The van der Waals surface area contributed by atoms with Gasteiger partial charge in [0.15, 0.2) is 0 Å². The van der Waals surface area contributed by atoms with Gasteiger partial charge in [-0.1, -0.05) is 5.11 Å². The van der Waals surface area contributed by atoms with Gasteiger partial charge < -0.3 is 15.2 Å². The second-order valence-electron chi connectivity index (χ2n) is 4.42. The third-order valence-corrected chi connectivity index (χ3v) is 1.65. The first-order chi connectivity index (χ1) is 7.26. The first kappa shape index (κ1) is 14.5. The lowest BCUT2D eigenvalue weighted by Gasteiger charge is -2.23. The maximum absolute atomic E-state index is 11.3. The van der Waals surface area contributed by atoms with Crippen LogP contribution in [-0.2, 0) is 4.74 Å². The molecule has 0 unspecified atom stereocenters. The first-order valence-electron chi connectivity index (χ1n) is 4.94. The van der Waals surface area contributed by atoms with Crippen molar-refractivity contribution in [1.29, 1.82) is 0 Å². The summed E-state index contributed by atoms with van der Waals surface area (Å²) < 4.78 is 5.00. The third kappa shape index (κ3) is 6.92. The Morgan fingerprint density at radius 3 is 2.62 bits per heavy atom. The van der Waals surface area contributed by atoms with Crippen LogP contribution in [0.25, 0.3) is 10.4 Å². The summed E-state index contributed by atoms with van der Waals surface area (Å²) in [6.07, 6.45) is -1.54. The molecule has 16 heavy (non-hydrogen) atoms. The number of rotatable bonds is 4. The van der Waals surface area contributed by atoms with E-state index in [1.165, 1.54) is 0 Å². The summed E-state index contributed by atoms with van der Waals surface area (Å²) in [5.74, 6) is 0. The van der Waals surface area contributed by atoms with E-state index in [0.717, 1.165) is 0 Å². The van der Waals surface area contributed by atoms with Crippen LogP contribution in [0.4, 0.5) is 4.79 Å². The number of nitrogens with one attached hydrogen (secondary N) is 1. The summed E-state index contributed by atoms with van der Waals surface area (Å²) >= 11 is 0. The molecule has 0 aliphatic heterocycles. The number of ether oxygens (including phenoxy) is 1. The maximum atomic E-state index is 11.3. The Balaban J connectivity index is 4.08. The summed E-state index contributed by atoms with van der Waals surface area (Å²) in [6, 6.07) is -0.541. The maximum Gasteiger partial charge on any atom is 0.407 e. The highest BCUT2D eigenvalue weighted by molar-refractivity contribution is 5.68. The van der Waals surface area contributed by atoms with E-state index in [-0.39, 0.29) is 6.54 Å². The molecule has 0 aromatic rings. The molecular formula is C9H18N4O3. The Bertz CT molecular complexity index is 281. The van der Waals surface area contributed by atoms with Gasteiger partial charge in [-0.15, -0.1) is 0 Å². The van der Waals surface area contributed by atoms with Crippen LogP contribution in [-0.4, -0.2) is 35.5 Å². The van der Waals surface area contributed by atoms with Crippen molar-refractivity contribution in [2.45, 2.75) is 45.4 Å². The molecule has 0 heterocycles. The summed E-state index contributed by atoms with van der Waals surface area (Å²) in [7, 11) is 0. The Morgan fingerprint density at radius 1 is 1.62 bits per heavy atom. The van der Waals surface area contributed by atoms with Gasteiger partial charge in [-0.3, -0.25) is 0 Å². The number of azide groups is 1. The fraction of sp³-hybridized carbons (Fsp3) is 0.889. The standard InChI is InChI=1S/C9H18N4O3/c1-6(7(14)5-11-13-10)12-8(15)16-9(2,3)4/h6-7,14H,5H2,1-4H3,(H,12,15)/t6-,7+/m1/s1. The van der Waals surface area contributed by atoms with Crippen LogP contribution < -0.4 is 5.32 Å². The number of alkyl carbamates (subject to hydrolysis) is 1. The average molecular weight is 230 g/mol. The molecule has 0 bridgehead atoms. The molecular weight excluding hydrogens is 212 g/mol. The molecule has 7 heteroatoms. The summed E-state index contributed by atoms with van der Waals surface area (Å²) in [6.45, 7) is 6.74. The van der Waals surface area contributed by atoms with Crippen LogP contribution in [0.1, 0.15) is 27.7 Å². The molecule has 1 amide bonds. The number of amides is 1. The molecule has 0 aliphatic rings. The van der Waals surface area contributed by atoms with E-state index in [9.17, 15) is 9.90 Å². The monoisotopic (exact) mass is 230 g/mol. The zero-order chi connectivity index (χ0) is 12.8. The molecule has 0 spiro atoms. The van der Waals surface area contributed by atoms with Gasteiger partial charge in [-0.05, 0) is 33.2 Å². The van der Waals surface area contributed by atoms with Gasteiger partial charge in [0.05, 0.1) is 18.7 Å². The average Bonchev–Trinajstić information content (AvgIpc) is 2.10. The van der Waals surface area contributed by atoms with Crippen LogP contribution in [0.2, 0.25) is 0 Å². The molecule has 92 valence electrons. The van der Waals surface area contributed by atoms with Gasteiger partial charge in [0.1, 0.15) is 5.60 Å². The van der Waals surface area contributed by atoms with Crippen molar-refractivity contribution in [2.24, 2.45) is 5.11 Å².